The number of nitrogens with zero attached hydrogens (tertiary/aromatic N) is 4. The van der Waals surface area contributed by atoms with E-state index in [2.05, 4.69) is 15.4 Å². The highest BCUT2D eigenvalue weighted by atomic mass is 16.5. The Balaban J connectivity index is 1.91. The Morgan fingerprint density at radius 1 is 1.71 bits per heavy atom. The zero-order chi connectivity index (χ0) is 9.97. The van der Waals surface area contributed by atoms with Gasteiger partial charge in [-0.25, -0.2) is 0 Å². The minimum Gasteiger partial charge on any atom is -0.378 e. The molecule has 6 heteroatoms. The molecule has 0 amide bonds. The van der Waals surface area contributed by atoms with Gasteiger partial charge in [0.25, 0.3) is 0 Å². The normalized spacial score (nSPS) is 24.0. The van der Waals surface area contributed by atoms with E-state index in [1.165, 1.54) is 4.80 Å². The second-order valence-electron chi connectivity index (χ2n) is 3.61. The summed E-state index contributed by atoms with van der Waals surface area (Å²) in [5.41, 5.74) is 5.93. The lowest BCUT2D eigenvalue weighted by molar-refractivity contribution is 0.0976. The largest absolute Gasteiger partial charge is 0.378 e. The fraction of sp³-hybridized carbons (Fsp3) is 0.875. The topological polar surface area (TPSA) is 78.9 Å². The number of rotatable bonds is 3. The molecule has 1 aromatic rings. The molecule has 78 valence electrons. The highest BCUT2D eigenvalue weighted by Crippen LogP contribution is 2.21. The summed E-state index contributed by atoms with van der Waals surface area (Å²) in [6, 6.07) is -0.160. The molecule has 2 heterocycles. The molecule has 6 nitrogen and oxygen atoms in total. The van der Waals surface area contributed by atoms with Gasteiger partial charge in [0.05, 0.1) is 19.2 Å². The van der Waals surface area contributed by atoms with Crippen molar-refractivity contribution in [3.63, 3.8) is 0 Å². The minimum atomic E-state index is -0.160. The quantitative estimate of drug-likeness (QED) is 0.724. The zero-order valence-electron chi connectivity index (χ0n) is 8.26. The molecule has 2 unspecified atom stereocenters. The van der Waals surface area contributed by atoms with Crippen LogP contribution in [0.1, 0.15) is 31.1 Å². The van der Waals surface area contributed by atoms with Gasteiger partial charge < -0.3 is 10.5 Å². The molecular weight excluding hydrogens is 182 g/mol. The molecule has 1 aliphatic heterocycles. The van der Waals surface area contributed by atoms with Crippen LogP contribution in [0.4, 0.5) is 0 Å². The van der Waals surface area contributed by atoms with Crippen molar-refractivity contribution >= 4 is 0 Å². The number of tetrazole rings is 1. The lowest BCUT2D eigenvalue weighted by Crippen LogP contribution is -2.19. The van der Waals surface area contributed by atoms with Crippen LogP contribution in [0.3, 0.4) is 0 Å². The molecule has 2 N–H and O–H groups in total. The smallest absolute Gasteiger partial charge is 0.191 e. The molecule has 0 spiro atoms. The summed E-state index contributed by atoms with van der Waals surface area (Å²) in [5, 5.41) is 11.7. The summed E-state index contributed by atoms with van der Waals surface area (Å²) in [7, 11) is 1.73. The summed E-state index contributed by atoms with van der Waals surface area (Å²) in [4.78, 5) is 1.42. The summed E-state index contributed by atoms with van der Waals surface area (Å²) in [5.74, 6) is 0.600. The van der Waals surface area contributed by atoms with Crippen molar-refractivity contribution in [3.8, 4) is 0 Å². The summed E-state index contributed by atoms with van der Waals surface area (Å²) < 4.78 is 5.49. The van der Waals surface area contributed by atoms with Crippen LogP contribution in [0.15, 0.2) is 0 Å². The van der Waals surface area contributed by atoms with Crippen LogP contribution >= 0.6 is 0 Å². The third kappa shape index (κ3) is 2.08. The van der Waals surface area contributed by atoms with Crippen LogP contribution in [-0.2, 0) is 11.8 Å². The molecule has 0 aromatic carbocycles. The molecule has 2 rings (SSSR count). The number of hydrogen-bond acceptors (Lipinski definition) is 5. The average molecular weight is 197 g/mol. The van der Waals surface area contributed by atoms with Gasteiger partial charge in [0, 0.05) is 6.61 Å². The molecule has 2 atom stereocenters. The Labute approximate surface area is 82.4 Å². The first-order valence-corrected chi connectivity index (χ1v) is 4.87. The van der Waals surface area contributed by atoms with Gasteiger partial charge in [-0.15, -0.1) is 10.2 Å². The highest BCUT2D eigenvalue weighted by molar-refractivity contribution is 4.89. The number of aryl methyl sites for hydroxylation is 1. The molecule has 0 aliphatic carbocycles. The summed E-state index contributed by atoms with van der Waals surface area (Å²) in [6.45, 7) is 0.852. The van der Waals surface area contributed by atoms with E-state index < -0.39 is 0 Å². The highest BCUT2D eigenvalue weighted by Gasteiger charge is 2.21. The first-order valence-electron chi connectivity index (χ1n) is 4.87. The van der Waals surface area contributed by atoms with Gasteiger partial charge in [-0.3, -0.25) is 0 Å². The number of nitrogens with two attached hydrogens (primary N) is 1. The van der Waals surface area contributed by atoms with Gasteiger partial charge in [0.2, 0.25) is 0 Å². The molecule has 14 heavy (non-hydrogen) atoms. The van der Waals surface area contributed by atoms with Crippen molar-refractivity contribution in [1.82, 2.24) is 20.2 Å². The lowest BCUT2D eigenvalue weighted by Gasteiger charge is -2.12. The molecule has 0 saturated carbocycles. The van der Waals surface area contributed by atoms with Crippen LogP contribution in [0, 0.1) is 0 Å². The Kier molecular flexibility index (Phi) is 2.74. The SMILES string of the molecule is Cn1nnc(C(N)CC2CCCO2)n1. The summed E-state index contributed by atoms with van der Waals surface area (Å²) >= 11 is 0. The van der Waals surface area contributed by atoms with E-state index in [-0.39, 0.29) is 12.1 Å². The standard InChI is InChI=1S/C8H15N5O/c1-13-11-8(10-12-13)7(9)5-6-3-2-4-14-6/h6-7H,2-5,9H2,1H3. The van der Waals surface area contributed by atoms with Gasteiger partial charge in [-0.1, -0.05) is 0 Å². The van der Waals surface area contributed by atoms with Crippen molar-refractivity contribution in [3.05, 3.63) is 5.82 Å². The first kappa shape index (κ1) is 9.54. The Hall–Kier alpha value is -1.01. The van der Waals surface area contributed by atoms with Crippen LogP contribution < -0.4 is 5.73 Å². The fourth-order valence-electron chi connectivity index (χ4n) is 1.67. The fourth-order valence-corrected chi connectivity index (χ4v) is 1.67. The number of hydrogen-bond donors (Lipinski definition) is 1. The molecule has 1 aromatic heterocycles. The van der Waals surface area contributed by atoms with Crippen molar-refractivity contribution in [2.45, 2.75) is 31.4 Å². The van der Waals surface area contributed by atoms with Crippen molar-refractivity contribution in [2.75, 3.05) is 6.61 Å². The van der Waals surface area contributed by atoms with E-state index >= 15 is 0 Å². The maximum atomic E-state index is 5.93. The third-order valence-corrected chi connectivity index (χ3v) is 2.40. The van der Waals surface area contributed by atoms with E-state index in [1.54, 1.807) is 7.05 Å². The molecule has 0 radical (unpaired) electrons. The predicted molar refractivity (Wildman–Crippen MR) is 49.3 cm³/mol. The second kappa shape index (κ2) is 4.02. The number of ether oxygens (including phenoxy) is 1. The van der Waals surface area contributed by atoms with Gasteiger partial charge in [-0.05, 0) is 24.5 Å². The molecule has 1 aliphatic rings. The van der Waals surface area contributed by atoms with E-state index in [9.17, 15) is 0 Å². The molecule has 1 fully saturated rings. The van der Waals surface area contributed by atoms with Crippen LogP contribution in [0.5, 0.6) is 0 Å². The Bertz CT molecular complexity index is 294. The van der Waals surface area contributed by atoms with E-state index in [0.717, 1.165) is 25.9 Å². The summed E-state index contributed by atoms with van der Waals surface area (Å²) in [6.07, 6.45) is 3.28. The monoisotopic (exact) mass is 197 g/mol. The van der Waals surface area contributed by atoms with Gasteiger partial charge in [0.1, 0.15) is 0 Å². The Morgan fingerprint density at radius 3 is 3.14 bits per heavy atom. The van der Waals surface area contributed by atoms with Crippen molar-refractivity contribution in [2.24, 2.45) is 12.8 Å². The van der Waals surface area contributed by atoms with Crippen LogP contribution in [0.25, 0.3) is 0 Å². The number of aromatic nitrogens is 4. The maximum absolute atomic E-state index is 5.93. The zero-order valence-corrected chi connectivity index (χ0v) is 8.26. The van der Waals surface area contributed by atoms with E-state index in [1.807, 2.05) is 0 Å². The van der Waals surface area contributed by atoms with E-state index in [0.29, 0.717) is 5.82 Å². The second-order valence-corrected chi connectivity index (χ2v) is 3.61. The van der Waals surface area contributed by atoms with E-state index in [4.69, 9.17) is 10.5 Å². The molecule has 1 saturated heterocycles. The van der Waals surface area contributed by atoms with Crippen molar-refractivity contribution < 1.29 is 4.74 Å². The van der Waals surface area contributed by atoms with Crippen LogP contribution in [0.2, 0.25) is 0 Å². The maximum Gasteiger partial charge on any atom is 0.191 e. The van der Waals surface area contributed by atoms with Gasteiger partial charge >= 0.3 is 0 Å². The predicted octanol–water partition coefficient (Wildman–Crippen LogP) is -0.221. The molecular formula is C8H15N5O. The first-order chi connectivity index (χ1) is 6.75. The average Bonchev–Trinajstić information content (AvgIpc) is 2.75. The van der Waals surface area contributed by atoms with Gasteiger partial charge in [0.15, 0.2) is 5.82 Å². The minimum absolute atomic E-state index is 0.160. The van der Waals surface area contributed by atoms with Gasteiger partial charge in [-0.2, -0.15) is 4.80 Å². The van der Waals surface area contributed by atoms with Crippen LogP contribution in [-0.4, -0.2) is 32.9 Å². The Morgan fingerprint density at radius 2 is 2.57 bits per heavy atom. The van der Waals surface area contributed by atoms with Crippen molar-refractivity contribution in [1.29, 1.82) is 0 Å². The molecule has 0 bridgehead atoms. The lowest BCUT2D eigenvalue weighted by atomic mass is 10.1. The third-order valence-electron chi connectivity index (χ3n) is 2.40.